The molecule has 0 saturated heterocycles. The standard InChI is InChI=1S/C10H21NO2/c1-2-3-4-6-9(10(12)13)7-5-8-11/h9H,2-8,11H2,1H3,(H,12,13). The second kappa shape index (κ2) is 8.05. The highest BCUT2D eigenvalue weighted by atomic mass is 16.4. The number of rotatable bonds is 8. The minimum Gasteiger partial charge on any atom is -0.481 e. The van der Waals surface area contributed by atoms with Gasteiger partial charge in [0.05, 0.1) is 5.92 Å². The summed E-state index contributed by atoms with van der Waals surface area (Å²) in [5.74, 6) is -0.834. The molecule has 0 aromatic carbocycles. The summed E-state index contributed by atoms with van der Waals surface area (Å²) in [7, 11) is 0. The molecule has 0 aliphatic heterocycles. The topological polar surface area (TPSA) is 63.3 Å². The second-order valence-electron chi connectivity index (χ2n) is 3.46. The molecule has 1 unspecified atom stereocenters. The first kappa shape index (κ1) is 12.4. The van der Waals surface area contributed by atoms with Gasteiger partial charge < -0.3 is 10.8 Å². The summed E-state index contributed by atoms with van der Waals surface area (Å²) < 4.78 is 0. The molecule has 78 valence electrons. The van der Waals surface area contributed by atoms with Crippen molar-refractivity contribution in [2.24, 2.45) is 11.7 Å². The molecule has 0 spiro atoms. The Morgan fingerprint density at radius 1 is 1.31 bits per heavy atom. The zero-order chi connectivity index (χ0) is 10.1. The maximum absolute atomic E-state index is 10.8. The van der Waals surface area contributed by atoms with Crippen LogP contribution in [0.5, 0.6) is 0 Å². The van der Waals surface area contributed by atoms with E-state index in [4.69, 9.17) is 10.8 Å². The molecule has 0 amide bonds. The lowest BCUT2D eigenvalue weighted by atomic mass is 9.96. The highest BCUT2D eigenvalue weighted by molar-refractivity contribution is 5.69. The fourth-order valence-electron chi connectivity index (χ4n) is 1.40. The van der Waals surface area contributed by atoms with Crippen molar-refractivity contribution in [2.45, 2.75) is 45.4 Å². The van der Waals surface area contributed by atoms with Gasteiger partial charge in [0.2, 0.25) is 0 Å². The van der Waals surface area contributed by atoms with Gasteiger partial charge in [0, 0.05) is 0 Å². The molecule has 0 aromatic heterocycles. The van der Waals surface area contributed by atoms with Crippen molar-refractivity contribution < 1.29 is 9.90 Å². The van der Waals surface area contributed by atoms with E-state index in [1.165, 1.54) is 0 Å². The number of hydrogen-bond donors (Lipinski definition) is 2. The van der Waals surface area contributed by atoms with Gasteiger partial charge in [-0.15, -0.1) is 0 Å². The van der Waals surface area contributed by atoms with Crippen LogP contribution < -0.4 is 5.73 Å². The third kappa shape index (κ3) is 6.58. The molecule has 3 heteroatoms. The van der Waals surface area contributed by atoms with Gasteiger partial charge in [0.25, 0.3) is 0 Å². The summed E-state index contributed by atoms with van der Waals surface area (Å²) in [5.41, 5.74) is 5.34. The van der Waals surface area contributed by atoms with Crippen LogP contribution in [0.2, 0.25) is 0 Å². The van der Waals surface area contributed by atoms with Crippen molar-refractivity contribution in [1.82, 2.24) is 0 Å². The van der Waals surface area contributed by atoms with Crippen molar-refractivity contribution in [1.29, 1.82) is 0 Å². The predicted octanol–water partition coefficient (Wildman–Crippen LogP) is 2.01. The summed E-state index contributed by atoms with van der Waals surface area (Å²) in [6.45, 7) is 2.72. The van der Waals surface area contributed by atoms with Crippen LogP contribution in [0.3, 0.4) is 0 Å². The van der Waals surface area contributed by atoms with Crippen LogP contribution in [0.15, 0.2) is 0 Å². The Balaban J connectivity index is 3.61. The zero-order valence-electron chi connectivity index (χ0n) is 8.46. The molecule has 0 aliphatic carbocycles. The average molecular weight is 187 g/mol. The van der Waals surface area contributed by atoms with E-state index in [0.717, 1.165) is 38.5 Å². The minimum absolute atomic E-state index is 0.171. The van der Waals surface area contributed by atoms with E-state index in [0.29, 0.717) is 6.54 Å². The largest absolute Gasteiger partial charge is 0.481 e. The van der Waals surface area contributed by atoms with E-state index < -0.39 is 5.97 Å². The Bertz CT molecular complexity index is 137. The third-order valence-electron chi connectivity index (χ3n) is 2.26. The Hall–Kier alpha value is -0.570. The Labute approximate surface area is 80.3 Å². The van der Waals surface area contributed by atoms with Crippen LogP contribution in [-0.4, -0.2) is 17.6 Å². The molecule has 1 atom stereocenters. The molecule has 3 nitrogen and oxygen atoms in total. The van der Waals surface area contributed by atoms with Crippen LogP contribution in [-0.2, 0) is 4.79 Å². The predicted molar refractivity (Wildman–Crippen MR) is 53.6 cm³/mol. The van der Waals surface area contributed by atoms with Gasteiger partial charge in [-0.3, -0.25) is 4.79 Å². The molecule has 0 aromatic rings. The number of unbranched alkanes of at least 4 members (excludes halogenated alkanes) is 2. The Kier molecular flexibility index (Phi) is 7.69. The number of carboxylic acid groups (broad SMARTS) is 1. The second-order valence-corrected chi connectivity index (χ2v) is 3.46. The average Bonchev–Trinajstić information content (AvgIpc) is 2.10. The van der Waals surface area contributed by atoms with Gasteiger partial charge >= 0.3 is 5.97 Å². The molecule has 0 fully saturated rings. The smallest absolute Gasteiger partial charge is 0.306 e. The van der Waals surface area contributed by atoms with Gasteiger partial charge in [0.1, 0.15) is 0 Å². The van der Waals surface area contributed by atoms with Crippen molar-refractivity contribution >= 4 is 5.97 Å². The maximum atomic E-state index is 10.8. The molecular weight excluding hydrogens is 166 g/mol. The fraction of sp³-hybridized carbons (Fsp3) is 0.900. The molecule has 0 rings (SSSR count). The lowest BCUT2D eigenvalue weighted by molar-refractivity contribution is -0.142. The van der Waals surface area contributed by atoms with Gasteiger partial charge in [0.15, 0.2) is 0 Å². The summed E-state index contributed by atoms with van der Waals surface area (Å²) in [5, 5.41) is 8.86. The van der Waals surface area contributed by atoms with Crippen LogP contribution in [0.1, 0.15) is 45.4 Å². The number of carboxylic acids is 1. The first-order chi connectivity index (χ1) is 6.22. The van der Waals surface area contributed by atoms with E-state index in [9.17, 15) is 4.79 Å². The minimum atomic E-state index is -0.662. The molecule has 0 aliphatic rings. The van der Waals surface area contributed by atoms with Crippen molar-refractivity contribution in [3.63, 3.8) is 0 Å². The monoisotopic (exact) mass is 187 g/mol. The third-order valence-corrected chi connectivity index (χ3v) is 2.26. The number of aliphatic carboxylic acids is 1. The molecule has 0 radical (unpaired) electrons. The SMILES string of the molecule is CCCCCC(CCCN)C(=O)O. The van der Waals surface area contributed by atoms with E-state index in [2.05, 4.69) is 6.92 Å². The first-order valence-corrected chi connectivity index (χ1v) is 5.15. The van der Waals surface area contributed by atoms with Gasteiger partial charge in [-0.1, -0.05) is 26.2 Å². The lowest BCUT2D eigenvalue weighted by Gasteiger charge is -2.10. The van der Waals surface area contributed by atoms with Crippen molar-refractivity contribution in [3.05, 3.63) is 0 Å². The number of hydrogen-bond acceptors (Lipinski definition) is 2. The summed E-state index contributed by atoms with van der Waals surface area (Å²) >= 11 is 0. The summed E-state index contributed by atoms with van der Waals surface area (Å²) in [4.78, 5) is 10.8. The molecule has 0 saturated carbocycles. The molecule has 13 heavy (non-hydrogen) atoms. The van der Waals surface area contributed by atoms with Gasteiger partial charge in [-0.25, -0.2) is 0 Å². The lowest BCUT2D eigenvalue weighted by Crippen LogP contribution is -2.15. The highest BCUT2D eigenvalue weighted by Gasteiger charge is 2.15. The normalized spacial score (nSPS) is 12.8. The summed E-state index contributed by atoms with van der Waals surface area (Å²) in [6.07, 6.45) is 5.66. The van der Waals surface area contributed by atoms with Crippen molar-refractivity contribution in [3.8, 4) is 0 Å². The van der Waals surface area contributed by atoms with Gasteiger partial charge in [-0.05, 0) is 25.8 Å². The van der Waals surface area contributed by atoms with E-state index in [-0.39, 0.29) is 5.92 Å². The van der Waals surface area contributed by atoms with Crippen LogP contribution in [0.4, 0.5) is 0 Å². The van der Waals surface area contributed by atoms with Crippen LogP contribution >= 0.6 is 0 Å². The number of nitrogens with two attached hydrogens (primary N) is 1. The van der Waals surface area contributed by atoms with E-state index >= 15 is 0 Å². The maximum Gasteiger partial charge on any atom is 0.306 e. The quantitative estimate of drug-likeness (QED) is 0.571. The number of carbonyl (C=O) groups is 1. The van der Waals surface area contributed by atoms with E-state index in [1.807, 2.05) is 0 Å². The molecule has 0 bridgehead atoms. The molecule has 3 N–H and O–H groups in total. The molecule has 0 heterocycles. The van der Waals surface area contributed by atoms with Crippen LogP contribution in [0.25, 0.3) is 0 Å². The highest BCUT2D eigenvalue weighted by Crippen LogP contribution is 2.15. The summed E-state index contributed by atoms with van der Waals surface area (Å²) in [6, 6.07) is 0. The van der Waals surface area contributed by atoms with E-state index in [1.54, 1.807) is 0 Å². The zero-order valence-corrected chi connectivity index (χ0v) is 8.46. The Morgan fingerprint density at radius 2 is 1.92 bits per heavy atom. The van der Waals surface area contributed by atoms with Crippen molar-refractivity contribution in [2.75, 3.05) is 6.54 Å². The van der Waals surface area contributed by atoms with Crippen LogP contribution in [0, 0.1) is 5.92 Å². The fourth-order valence-corrected chi connectivity index (χ4v) is 1.40. The van der Waals surface area contributed by atoms with Gasteiger partial charge in [-0.2, -0.15) is 0 Å². The first-order valence-electron chi connectivity index (χ1n) is 5.15. The molecular formula is C10H21NO2. The Morgan fingerprint density at radius 3 is 2.38 bits per heavy atom.